The largest absolute Gasteiger partial charge is 0.480 e. The Bertz CT molecular complexity index is 718. The highest BCUT2D eigenvalue weighted by atomic mass is 32.1. The fraction of sp³-hybridized carbons (Fsp3) is 0.762. The molecule has 0 saturated carbocycles. The molecule has 0 radical (unpaired) electrons. The van der Waals surface area contributed by atoms with Gasteiger partial charge in [0.05, 0.1) is 6.04 Å². The molecule has 4 atom stereocenters. The molecule has 0 fully saturated rings. The van der Waals surface area contributed by atoms with Crippen molar-refractivity contribution >= 4 is 42.3 Å². The topological polar surface area (TPSA) is 241 Å². The predicted octanol–water partition coefficient (Wildman–Crippen LogP) is -1.99. The Morgan fingerprint density at radius 3 is 1.94 bits per heavy atom. The van der Waals surface area contributed by atoms with Crippen LogP contribution in [0.2, 0.25) is 0 Å². The number of aliphatic imine (C=N–C) groups is 1. The number of aliphatic carboxylic acids is 1. The van der Waals surface area contributed by atoms with E-state index >= 15 is 0 Å². The summed E-state index contributed by atoms with van der Waals surface area (Å²) < 4.78 is 0. The fourth-order valence-electron chi connectivity index (χ4n) is 3.15. The van der Waals surface area contributed by atoms with Gasteiger partial charge in [-0.2, -0.15) is 12.6 Å². The lowest BCUT2D eigenvalue weighted by Crippen LogP contribution is -2.57. The third-order valence-corrected chi connectivity index (χ3v) is 5.38. The number of unbranched alkanes of at least 4 members (excludes halogenated alkanes) is 1. The van der Waals surface area contributed by atoms with Crippen LogP contribution in [0, 0.1) is 5.92 Å². The number of carbonyl (C=O) groups is 4. The Balaban J connectivity index is 5.20. The van der Waals surface area contributed by atoms with Crippen molar-refractivity contribution in [1.29, 1.82) is 0 Å². The second kappa shape index (κ2) is 17.8. The van der Waals surface area contributed by atoms with Crippen LogP contribution in [0.25, 0.3) is 0 Å². The molecule has 0 bridgehead atoms. The number of guanidine groups is 1. The number of thiol groups is 1. The molecule has 0 aliphatic carbocycles. The van der Waals surface area contributed by atoms with Crippen LogP contribution in [0.4, 0.5) is 0 Å². The normalized spacial score (nSPS) is 14.3. The van der Waals surface area contributed by atoms with E-state index < -0.39 is 47.9 Å². The van der Waals surface area contributed by atoms with Crippen LogP contribution < -0.4 is 38.9 Å². The van der Waals surface area contributed by atoms with Crippen LogP contribution in [0.15, 0.2) is 4.99 Å². The van der Waals surface area contributed by atoms with Gasteiger partial charge < -0.3 is 44.0 Å². The summed E-state index contributed by atoms with van der Waals surface area (Å²) in [6.07, 6.45) is 2.36. The van der Waals surface area contributed by atoms with Crippen molar-refractivity contribution in [1.82, 2.24) is 16.0 Å². The Hall–Kier alpha value is -2.58. The van der Waals surface area contributed by atoms with Crippen molar-refractivity contribution in [3.8, 4) is 0 Å². The summed E-state index contributed by atoms with van der Waals surface area (Å²) in [5.74, 6) is -3.03. The summed E-state index contributed by atoms with van der Waals surface area (Å²) in [7, 11) is 0. The van der Waals surface area contributed by atoms with E-state index in [1.807, 2.05) is 13.8 Å². The van der Waals surface area contributed by atoms with Crippen LogP contribution >= 0.6 is 12.6 Å². The molecule has 3 amide bonds. The van der Waals surface area contributed by atoms with Gasteiger partial charge in [0.2, 0.25) is 17.7 Å². The third kappa shape index (κ3) is 14.4. The lowest BCUT2D eigenvalue weighted by Gasteiger charge is -2.25. The Kier molecular flexibility index (Phi) is 16.5. The lowest BCUT2D eigenvalue weighted by atomic mass is 10.0. The minimum Gasteiger partial charge on any atom is -0.480 e. The van der Waals surface area contributed by atoms with Gasteiger partial charge in [0, 0.05) is 12.3 Å². The van der Waals surface area contributed by atoms with Crippen molar-refractivity contribution in [2.45, 2.75) is 76.5 Å². The highest BCUT2D eigenvalue weighted by Crippen LogP contribution is 2.07. The van der Waals surface area contributed by atoms with Crippen molar-refractivity contribution in [2.24, 2.45) is 33.8 Å². The molecule has 0 heterocycles. The molecule has 12 N–H and O–H groups in total. The zero-order valence-corrected chi connectivity index (χ0v) is 21.4. The number of hydrogen-bond donors (Lipinski definition) is 9. The average Bonchev–Trinajstić information content (AvgIpc) is 2.77. The van der Waals surface area contributed by atoms with E-state index in [0.29, 0.717) is 38.6 Å². The first kappa shape index (κ1) is 32.4. The summed E-state index contributed by atoms with van der Waals surface area (Å²) in [6, 6.07) is -4.04. The fourth-order valence-corrected chi connectivity index (χ4v) is 3.41. The number of carboxylic acid groups (broad SMARTS) is 1. The quantitative estimate of drug-likeness (QED) is 0.0421. The van der Waals surface area contributed by atoms with E-state index in [2.05, 4.69) is 33.6 Å². The van der Waals surface area contributed by atoms with Crippen molar-refractivity contribution in [3.63, 3.8) is 0 Å². The predicted molar refractivity (Wildman–Crippen MR) is 138 cm³/mol. The van der Waals surface area contributed by atoms with Crippen LogP contribution in [0.3, 0.4) is 0 Å². The second-order valence-electron chi connectivity index (χ2n) is 8.67. The van der Waals surface area contributed by atoms with Crippen molar-refractivity contribution in [3.05, 3.63) is 0 Å². The molecule has 4 unspecified atom stereocenters. The molecule has 0 aromatic rings. The number of nitrogens with one attached hydrogen (secondary N) is 3. The molecule has 202 valence electrons. The van der Waals surface area contributed by atoms with Gasteiger partial charge in [0.25, 0.3) is 0 Å². The maximum absolute atomic E-state index is 12.9. The van der Waals surface area contributed by atoms with Crippen molar-refractivity contribution < 1.29 is 24.3 Å². The van der Waals surface area contributed by atoms with E-state index in [4.69, 9.17) is 22.9 Å². The van der Waals surface area contributed by atoms with E-state index in [9.17, 15) is 24.3 Å². The number of amides is 3. The Morgan fingerprint density at radius 1 is 0.886 bits per heavy atom. The molecule has 0 aromatic heterocycles. The summed E-state index contributed by atoms with van der Waals surface area (Å²) >= 11 is 4.11. The highest BCUT2D eigenvalue weighted by Gasteiger charge is 2.29. The Morgan fingerprint density at radius 2 is 1.43 bits per heavy atom. The second-order valence-corrected chi connectivity index (χ2v) is 9.04. The zero-order valence-electron chi connectivity index (χ0n) is 20.5. The minimum atomic E-state index is -1.24. The maximum atomic E-state index is 12.9. The van der Waals surface area contributed by atoms with E-state index in [-0.39, 0.29) is 30.6 Å². The van der Waals surface area contributed by atoms with Crippen LogP contribution in [0.5, 0.6) is 0 Å². The molecular formula is C21H42N8O5S. The zero-order chi connectivity index (χ0) is 27.0. The van der Waals surface area contributed by atoms with Crippen LogP contribution in [0.1, 0.15) is 52.4 Å². The van der Waals surface area contributed by atoms with E-state index in [1.54, 1.807) is 0 Å². The first-order valence-corrected chi connectivity index (χ1v) is 12.3. The number of nitrogens with zero attached hydrogens (tertiary/aromatic N) is 1. The summed E-state index contributed by atoms with van der Waals surface area (Å²) in [6.45, 7) is 4.49. The summed E-state index contributed by atoms with van der Waals surface area (Å²) in [5, 5.41) is 17.0. The van der Waals surface area contributed by atoms with Crippen molar-refractivity contribution in [2.75, 3.05) is 18.8 Å². The molecule has 0 aliphatic heterocycles. The molecule has 0 rings (SSSR count). The lowest BCUT2D eigenvalue weighted by molar-refractivity contribution is -0.142. The molecule has 0 aliphatic rings. The van der Waals surface area contributed by atoms with Gasteiger partial charge >= 0.3 is 5.97 Å². The average molecular weight is 519 g/mol. The van der Waals surface area contributed by atoms with Crippen LogP contribution in [-0.2, 0) is 19.2 Å². The Labute approximate surface area is 212 Å². The SMILES string of the molecule is CC(C)CC(N)C(=O)NC(CCCCN)C(=O)NC(CS)C(=O)NC(CCCN=C(N)N)C(=O)O. The van der Waals surface area contributed by atoms with Gasteiger partial charge in [0.1, 0.15) is 18.1 Å². The number of hydrogen-bond acceptors (Lipinski definition) is 8. The molecule has 0 saturated heterocycles. The molecular weight excluding hydrogens is 476 g/mol. The maximum Gasteiger partial charge on any atom is 0.326 e. The standard InChI is InChI=1S/C21H42N8O5S/c1-12(2)10-13(23)17(30)27-14(6-3-4-8-22)18(31)29-16(11-35)19(32)28-15(20(33)34)7-5-9-26-21(24)25/h12-16,35H,3-11,22-23H2,1-2H3,(H,27,30)(H,28,32)(H,29,31)(H,33,34)(H4,24,25,26). The number of carboxylic acids is 1. The molecule has 35 heavy (non-hydrogen) atoms. The summed E-state index contributed by atoms with van der Waals surface area (Å²) in [4.78, 5) is 53.4. The minimum absolute atomic E-state index is 0.0800. The number of rotatable bonds is 18. The third-order valence-electron chi connectivity index (χ3n) is 5.02. The van der Waals surface area contributed by atoms with Gasteiger partial charge in [-0.05, 0) is 51.0 Å². The van der Waals surface area contributed by atoms with Gasteiger partial charge in [-0.3, -0.25) is 19.4 Å². The smallest absolute Gasteiger partial charge is 0.326 e. The van der Waals surface area contributed by atoms with Gasteiger partial charge in [-0.1, -0.05) is 13.8 Å². The van der Waals surface area contributed by atoms with E-state index in [1.165, 1.54) is 0 Å². The monoisotopic (exact) mass is 518 g/mol. The first-order chi connectivity index (χ1) is 16.4. The molecule has 14 heteroatoms. The number of carbonyl (C=O) groups excluding carboxylic acids is 3. The molecule has 0 spiro atoms. The first-order valence-electron chi connectivity index (χ1n) is 11.7. The van der Waals surface area contributed by atoms with Gasteiger partial charge in [-0.15, -0.1) is 0 Å². The highest BCUT2D eigenvalue weighted by molar-refractivity contribution is 7.80. The van der Waals surface area contributed by atoms with Crippen LogP contribution in [-0.4, -0.2) is 77.8 Å². The van der Waals surface area contributed by atoms with Gasteiger partial charge in [0.15, 0.2) is 5.96 Å². The van der Waals surface area contributed by atoms with E-state index in [0.717, 1.165) is 0 Å². The van der Waals surface area contributed by atoms with Gasteiger partial charge in [-0.25, -0.2) is 4.79 Å². The number of nitrogens with two attached hydrogens (primary N) is 4. The summed E-state index contributed by atoms with van der Waals surface area (Å²) in [5.41, 5.74) is 21.9. The molecule has 0 aromatic carbocycles. The molecule has 13 nitrogen and oxygen atoms in total.